The van der Waals surface area contributed by atoms with Gasteiger partial charge in [-0.2, -0.15) is 11.8 Å². The van der Waals surface area contributed by atoms with Crippen molar-refractivity contribution in [1.29, 1.82) is 0 Å². The fourth-order valence-corrected chi connectivity index (χ4v) is 3.68. The van der Waals surface area contributed by atoms with Crippen molar-refractivity contribution >= 4 is 29.5 Å². The van der Waals surface area contributed by atoms with Crippen LogP contribution in [0.15, 0.2) is 34.9 Å². The quantitative estimate of drug-likeness (QED) is 0.212. The van der Waals surface area contributed by atoms with E-state index in [0.29, 0.717) is 18.7 Å². The Morgan fingerprint density at radius 2 is 1.50 bits per heavy atom. The third kappa shape index (κ3) is 19.9. The van der Waals surface area contributed by atoms with E-state index in [1.807, 2.05) is 0 Å². The highest BCUT2D eigenvalue weighted by Gasteiger charge is 2.19. The Hall–Kier alpha value is -2.02. The second-order valence-electron chi connectivity index (χ2n) is 8.04. The van der Waals surface area contributed by atoms with Crippen LogP contribution in [0.4, 0.5) is 0 Å². The number of carbonyl (C=O) groups is 3. The summed E-state index contributed by atoms with van der Waals surface area (Å²) >= 11 is 1.49. The lowest BCUT2D eigenvalue weighted by Gasteiger charge is -2.14. The van der Waals surface area contributed by atoms with Gasteiger partial charge in [-0.3, -0.25) is 9.59 Å². The summed E-state index contributed by atoms with van der Waals surface area (Å²) < 4.78 is 0. The van der Waals surface area contributed by atoms with Crippen LogP contribution in [0, 0.1) is 0 Å². The van der Waals surface area contributed by atoms with Crippen LogP contribution in [0.2, 0.25) is 0 Å². The molecule has 1 atom stereocenters. The normalized spacial score (nSPS) is 12.4. The molecule has 0 aliphatic carbocycles. The molecule has 184 valence electrons. The van der Waals surface area contributed by atoms with Crippen molar-refractivity contribution < 1.29 is 19.5 Å². The van der Waals surface area contributed by atoms with E-state index in [1.165, 1.54) is 35.4 Å². The molecule has 3 N–H and O–H groups in total. The number of allylic oxidation sites excluding steroid dienone is 5. The number of nitrogens with one attached hydrogen (secondary N) is 2. The Labute approximate surface area is 199 Å². The van der Waals surface area contributed by atoms with Gasteiger partial charge in [-0.05, 0) is 59.8 Å². The van der Waals surface area contributed by atoms with E-state index >= 15 is 0 Å². The van der Waals surface area contributed by atoms with Crippen LogP contribution in [-0.2, 0) is 14.4 Å². The van der Waals surface area contributed by atoms with Gasteiger partial charge in [0, 0.05) is 31.4 Å². The molecule has 2 amide bonds. The van der Waals surface area contributed by atoms with Gasteiger partial charge >= 0.3 is 5.97 Å². The first-order valence-corrected chi connectivity index (χ1v) is 12.1. The fourth-order valence-electron chi connectivity index (χ4n) is 2.68. The molecule has 32 heavy (non-hydrogen) atoms. The van der Waals surface area contributed by atoms with Crippen molar-refractivity contribution in [2.45, 2.75) is 86.6 Å². The number of thioether (sulfide) groups is 1. The summed E-state index contributed by atoms with van der Waals surface area (Å²) in [5.41, 5.74) is 4.06. The summed E-state index contributed by atoms with van der Waals surface area (Å²) in [6.45, 7) is 10.3. The number of carboxylic acids is 1. The molecule has 0 aliphatic rings. The minimum atomic E-state index is -1.03. The molecule has 0 aromatic heterocycles. The highest BCUT2D eigenvalue weighted by molar-refractivity contribution is 7.99. The third-order valence-electron chi connectivity index (χ3n) is 4.54. The van der Waals surface area contributed by atoms with Gasteiger partial charge in [0.05, 0.1) is 0 Å². The number of carboxylic acid groups (broad SMARTS) is 1. The van der Waals surface area contributed by atoms with Crippen LogP contribution >= 0.6 is 11.8 Å². The molecule has 0 saturated heterocycles. The van der Waals surface area contributed by atoms with Gasteiger partial charge in [0.15, 0.2) is 0 Å². The molecular weight excluding hydrogens is 424 g/mol. The zero-order valence-corrected chi connectivity index (χ0v) is 20.6. The average Bonchev–Trinajstić information content (AvgIpc) is 2.67. The molecule has 0 rings (SSSR count). The SMILES string of the molecule is C.CC(=O)NCCCC(=O)N[C@@H](CSC/C=C(\C)CC/C=C(\C)CCC=C(C)C)C(=O)O. The second kappa shape index (κ2) is 19.6. The number of aliphatic carboxylic acids is 1. The molecule has 0 bridgehead atoms. The van der Waals surface area contributed by atoms with Crippen molar-refractivity contribution in [2.75, 3.05) is 18.1 Å². The van der Waals surface area contributed by atoms with Gasteiger partial charge in [-0.15, -0.1) is 0 Å². The first-order valence-electron chi connectivity index (χ1n) is 10.9. The molecule has 0 radical (unpaired) electrons. The zero-order valence-electron chi connectivity index (χ0n) is 19.8. The van der Waals surface area contributed by atoms with Crippen molar-refractivity contribution in [2.24, 2.45) is 0 Å². The number of amides is 2. The first kappa shape index (κ1) is 32.2. The van der Waals surface area contributed by atoms with E-state index in [1.54, 1.807) is 0 Å². The van der Waals surface area contributed by atoms with Gasteiger partial charge in [0.25, 0.3) is 0 Å². The van der Waals surface area contributed by atoms with E-state index in [4.69, 9.17) is 0 Å². The van der Waals surface area contributed by atoms with Crippen LogP contribution in [0.5, 0.6) is 0 Å². The Morgan fingerprint density at radius 3 is 2.06 bits per heavy atom. The summed E-state index contributed by atoms with van der Waals surface area (Å²) in [5.74, 6) is -0.444. The smallest absolute Gasteiger partial charge is 0.327 e. The fraction of sp³-hybridized carbons (Fsp3) is 0.640. The maximum absolute atomic E-state index is 11.9. The molecule has 0 unspecified atom stereocenters. The lowest BCUT2D eigenvalue weighted by Crippen LogP contribution is -2.42. The van der Waals surface area contributed by atoms with Crippen molar-refractivity contribution in [3.05, 3.63) is 34.9 Å². The van der Waals surface area contributed by atoms with Crippen molar-refractivity contribution in [1.82, 2.24) is 10.6 Å². The molecule has 0 fully saturated rings. The van der Waals surface area contributed by atoms with E-state index in [0.717, 1.165) is 31.4 Å². The molecular formula is C25H44N2O4S. The molecule has 0 aliphatic heterocycles. The second-order valence-corrected chi connectivity index (χ2v) is 9.12. The minimum Gasteiger partial charge on any atom is -0.480 e. The summed E-state index contributed by atoms with van der Waals surface area (Å²) in [7, 11) is 0. The monoisotopic (exact) mass is 468 g/mol. The standard InChI is InChI=1S/C24H40N2O4S.CH4/c1-18(2)9-6-10-19(3)11-7-12-20(4)14-16-31-17-22(24(29)30)26-23(28)13-8-15-25-21(5)27;/h9,11,14,22H,6-8,10,12-13,15-17H2,1-5H3,(H,25,27)(H,26,28)(H,29,30);1H4/b19-11+,20-14+;/t22-;/m0./s1. The molecule has 0 heterocycles. The van der Waals surface area contributed by atoms with Crippen LogP contribution in [0.25, 0.3) is 0 Å². The summed E-state index contributed by atoms with van der Waals surface area (Å²) in [6.07, 6.45) is 11.6. The molecule has 7 heteroatoms. The highest BCUT2D eigenvalue weighted by atomic mass is 32.2. The Bertz CT molecular complexity index is 665. The van der Waals surface area contributed by atoms with Gasteiger partial charge in [-0.25, -0.2) is 4.79 Å². The topological polar surface area (TPSA) is 95.5 Å². The van der Waals surface area contributed by atoms with Crippen LogP contribution in [0.3, 0.4) is 0 Å². The highest BCUT2D eigenvalue weighted by Crippen LogP contribution is 2.13. The maximum atomic E-state index is 11.9. The van der Waals surface area contributed by atoms with Crippen LogP contribution < -0.4 is 10.6 Å². The lowest BCUT2D eigenvalue weighted by molar-refractivity contribution is -0.141. The molecule has 0 spiro atoms. The maximum Gasteiger partial charge on any atom is 0.327 e. The molecule has 6 nitrogen and oxygen atoms in total. The van der Waals surface area contributed by atoms with Gasteiger partial charge in [0.2, 0.25) is 11.8 Å². The molecule has 0 aromatic rings. The van der Waals surface area contributed by atoms with Crippen LogP contribution in [-0.4, -0.2) is 47.0 Å². The van der Waals surface area contributed by atoms with Crippen molar-refractivity contribution in [3.8, 4) is 0 Å². The van der Waals surface area contributed by atoms with E-state index < -0.39 is 12.0 Å². The predicted octanol–water partition coefficient (Wildman–Crippen LogP) is 5.26. The Morgan fingerprint density at radius 1 is 0.906 bits per heavy atom. The number of rotatable bonds is 16. The van der Waals surface area contributed by atoms with Gasteiger partial charge < -0.3 is 15.7 Å². The van der Waals surface area contributed by atoms with E-state index in [2.05, 4.69) is 56.6 Å². The third-order valence-corrected chi connectivity index (χ3v) is 5.52. The minimum absolute atomic E-state index is 0. The van der Waals surface area contributed by atoms with Crippen molar-refractivity contribution in [3.63, 3.8) is 0 Å². The number of hydrogen-bond donors (Lipinski definition) is 3. The average molecular weight is 469 g/mol. The van der Waals surface area contributed by atoms with Gasteiger partial charge in [0.1, 0.15) is 6.04 Å². The van der Waals surface area contributed by atoms with E-state index in [9.17, 15) is 19.5 Å². The molecule has 0 aromatic carbocycles. The zero-order chi connectivity index (χ0) is 23.6. The molecule has 0 saturated carbocycles. The number of hydrogen-bond acceptors (Lipinski definition) is 4. The summed E-state index contributed by atoms with van der Waals surface area (Å²) in [4.78, 5) is 34.1. The Balaban J connectivity index is 0. The first-order chi connectivity index (χ1) is 14.6. The van der Waals surface area contributed by atoms with Gasteiger partial charge in [-0.1, -0.05) is 42.4 Å². The predicted molar refractivity (Wildman–Crippen MR) is 137 cm³/mol. The lowest BCUT2D eigenvalue weighted by atomic mass is 10.1. The van der Waals surface area contributed by atoms with E-state index in [-0.39, 0.29) is 25.7 Å². The Kier molecular flexibility index (Phi) is 19.7. The summed E-state index contributed by atoms with van der Waals surface area (Å²) in [5, 5.41) is 14.5. The summed E-state index contributed by atoms with van der Waals surface area (Å²) in [6, 6.07) is -0.904. The largest absolute Gasteiger partial charge is 0.480 e. The number of carbonyl (C=O) groups excluding carboxylic acids is 2. The van der Waals surface area contributed by atoms with Crippen LogP contribution in [0.1, 0.15) is 80.6 Å².